The highest BCUT2D eigenvalue weighted by Gasteiger charge is 2.55. The first-order valence-electron chi connectivity index (χ1n) is 23.7. The molecule has 6 aromatic carbocycles. The van der Waals surface area contributed by atoms with Crippen LogP contribution in [0, 0.1) is 0 Å². The standard InChI is InChI=1S/C57H50N6O8S3/c1-38(64)58-32-33-72-46-37-73-54-49(53(67)63(54)50(46)55(68)71-51(40-22-10-3-11-23-40)41-24-12-4-13-25-41)60-52(66)48(62-70-35-47(65)69-34-39-20-8-2-9-21-39)45-36-74-56(59-45)61-57(42-26-14-5-15-27-42,43-28-16-6-17-29-43)44-30-18-7-19-31-44/h2-31,36,49,51,54H,32-35,37H2,1H3,(H,58,64)(H,59,61)(H,60,66)/b62-48-/t49-,54-/m1/s1. The first-order chi connectivity index (χ1) is 36.2. The van der Waals surface area contributed by atoms with Gasteiger partial charge in [0.05, 0.1) is 0 Å². The third-order valence-electron chi connectivity index (χ3n) is 12.1. The second kappa shape index (κ2) is 24.2. The molecule has 0 radical (unpaired) electrons. The van der Waals surface area contributed by atoms with Crippen LogP contribution in [-0.4, -0.2) is 81.3 Å². The van der Waals surface area contributed by atoms with E-state index in [4.69, 9.17) is 19.3 Å². The van der Waals surface area contributed by atoms with E-state index in [-0.39, 0.29) is 29.6 Å². The van der Waals surface area contributed by atoms with Crippen LogP contribution in [0.2, 0.25) is 0 Å². The Morgan fingerprint density at radius 3 is 1.86 bits per heavy atom. The fourth-order valence-corrected chi connectivity index (χ4v) is 11.8. The van der Waals surface area contributed by atoms with E-state index in [2.05, 4.69) is 21.1 Å². The number of thioether (sulfide) groups is 2. The molecule has 9 rings (SSSR count). The van der Waals surface area contributed by atoms with Gasteiger partial charge < -0.3 is 30.3 Å². The first-order valence-corrected chi connectivity index (χ1v) is 26.6. The van der Waals surface area contributed by atoms with Gasteiger partial charge in [-0.25, -0.2) is 14.6 Å². The van der Waals surface area contributed by atoms with E-state index in [1.165, 1.54) is 46.7 Å². The zero-order valence-electron chi connectivity index (χ0n) is 40.0. The molecule has 0 bridgehead atoms. The van der Waals surface area contributed by atoms with Crippen molar-refractivity contribution in [2.75, 3.05) is 30.0 Å². The molecule has 0 saturated carbocycles. The van der Waals surface area contributed by atoms with E-state index >= 15 is 0 Å². The molecule has 74 heavy (non-hydrogen) atoms. The zero-order valence-corrected chi connectivity index (χ0v) is 42.4. The van der Waals surface area contributed by atoms with Gasteiger partial charge in [0.1, 0.15) is 35.0 Å². The summed E-state index contributed by atoms with van der Waals surface area (Å²) in [5.41, 5.74) is 3.94. The van der Waals surface area contributed by atoms with Gasteiger partial charge in [-0.3, -0.25) is 19.3 Å². The van der Waals surface area contributed by atoms with E-state index in [1.807, 2.05) is 182 Å². The number of fused-ring (bicyclic) bond motifs is 1. The second-order valence-electron chi connectivity index (χ2n) is 16.9. The van der Waals surface area contributed by atoms with Crippen LogP contribution in [0.25, 0.3) is 0 Å². The largest absolute Gasteiger partial charge is 0.458 e. The van der Waals surface area contributed by atoms with Gasteiger partial charge in [0.25, 0.3) is 11.8 Å². The number of amides is 3. The Balaban J connectivity index is 1.00. The van der Waals surface area contributed by atoms with Gasteiger partial charge in [-0.2, -0.15) is 0 Å². The number of β-lactam (4-membered cyclic amide) rings is 1. The molecular weight excluding hydrogens is 993 g/mol. The monoisotopic (exact) mass is 1040 g/mol. The molecule has 7 aromatic rings. The molecule has 2 aliphatic heterocycles. The molecule has 3 heterocycles. The zero-order chi connectivity index (χ0) is 51.3. The Labute approximate surface area is 440 Å². The summed E-state index contributed by atoms with van der Waals surface area (Å²) in [5.74, 6) is -2.27. The highest BCUT2D eigenvalue weighted by atomic mass is 32.2. The number of anilines is 1. The summed E-state index contributed by atoms with van der Waals surface area (Å²) in [5, 5.41) is 14.9. The SMILES string of the molecule is CC(=O)NCCSC1=C(C(=O)OC(c2ccccc2)c2ccccc2)N2C(=O)[C@@H](NC(=O)/C(=N\OCC(=O)OCc3ccccc3)c3csc(NC(c4ccccc4)(c4ccccc4)c4ccccc4)n3)[C@H]2SC1. The highest BCUT2D eigenvalue weighted by Crippen LogP contribution is 2.45. The number of benzene rings is 6. The lowest BCUT2D eigenvalue weighted by Gasteiger charge is -2.49. The molecule has 1 aromatic heterocycles. The Morgan fingerprint density at radius 2 is 1.31 bits per heavy atom. The normalized spacial score (nSPS) is 15.4. The topological polar surface area (TPSA) is 178 Å². The number of nitrogens with one attached hydrogen (secondary N) is 3. The lowest BCUT2D eigenvalue weighted by Crippen LogP contribution is -2.71. The smallest absolute Gasteiger partial charge is 0.356 e. The number of nitrogens with zero attached hydrogens (tertiary/aromatic N) is 3. The fraction of sp³-hybridized carbons (Fsp3) is 0.175. The van der Waals surface area contributed by atoms with Gasteiger partial charge in [-0.1, -0.05) is 187 Å². The summed E-state index contributed by atoms with van der Waals surface area (Å²) < 4.78 is 11.7. The Morgan fingerprint density at radius 1 is 0.770 bits per heavy atom. The highest BCUT2D eigenvalue weighted by molar-refractivity contribution is 8.06. The Kier molecular flexibility index (Phi) is 16.6. The summed E-state index contributed by atoms with van der Waals surface area (Å²) in [6.45, 7) is 1.14. The molecule has 17 heteroatoms. The predicted molar refractivity (Wildman–Crippen MR) is 288 cm³/mol. The van der Waals surface area contributed by atoms with Crippen molar-refractivity contribution in [2.45, 2.75) is 36.6 Å². The average molecular weight is 1040 g/mol. The maximum absolute atomic E-state index is 14.7. The molecule has 0 aliphatic carbocycles. The number of oxime groups is 1. The van der Waals surface area contributed by atoms with E-state index in [9.17, 15) is 24.0 Å². The number of aromatic nitrogens is 1. The van der Waals surface area contributed by atoms with E-state index < -0.39 is 53.4 Å². The minimum Gasteiger partial charge on any atom is -0.458 e. The van der Waals surface area contributed by atoms with Gasteiger partial charge in [0.15, 0.2) is 16.9 Å². The van der Waals surface area contributed by atoms with Crippen molar-refractivity contribution < 1.29 is 38.3 Å². The third kappa shape index (κ3) is 11.8. The Hall–Kier alpha value is -7.99. The molecule has 3 N–H and O–H groups in total. The fourth-order valence-electron chi connectivity index (χ4n) is 8.56. The molecule has 3 amide bonds. The van der Waals surface area contributed by atoms with Crippen LogP contribution in [0.5, 0.6) is 0 Å². The maximum atomic E-state index is 14.7. The number of carbonyl (C=O) groups is 5. The van der Waals surface area contributed by atoms with Gasteiger partial charge in [-0.05, 0) is 33.4 Å². The van der Waals surface area contributed by atoms with Crippen LogP contribution in [-0.2, 0) is 50.4 Å². The van der Waals surface area contributed by atoms with Crippen molar-refractivity contribution in [3.63, 3.8) is 0 Å². The minimum atomic E-state index is -1.11. The first kappa shape index (κ1) is 50.9. The summed E-state index contributed by atoms with van der Waals surface area (Å²) in [6, 6.07) is 56.6. The van der Waals surface area contributed by atoms with Crippen molar-refractivity contribution in [3.8, 4) is 0 Å². The number of esters is 2. The van der Waals surface area contributed by atoms with E-state index in [1.54, 1.807) is 5.38 Å². The predicted octanol–water partition coefficient (Wildman–Crippen LogP) is 8.82. The third-order valence-corrected chi connectivity index (χ3v) is 15.4. The number of carbonyl (C=O) groups excluding carboxylic acids is 5. The van der Waals surface area contributed by atoms with Gasteiger partial charge >= 0.3 is 11.9 Å². The van der Waals surface area contributed by atoms with Crippen LogP contribution in [0.1, 0.15) is 52.1 Å². The Bertz CT molecular complexity index is 2990. The van der Waals surface area contributed by atoms with Gasteiger partial charge in [-0.15, -0.1) is 34.9 Å². The summed E-state index contributed by atoms with van der Waals surface area (Å²) in [6.07, 6.45) is -0.798. The van der Waals surface area contributed by atoms with Gasteiger partial charge in [0.2, 0.25) is 12.5 Å². The van der Waals surface area contributed by atoms with Gasteiger partial charge in [0, 0.05) is 35.3 Å². The van der Waals surface area contributed by atoms with Crippen molar-refractivity contribution >= 4 is 75.4 Å². The molecule has 0 unspecified atom stereocenters. The van der Waals surface area contributed by atoms with Crippen molar-refractivity contribution in [2.24, 2.45) is 5.16 Å². The van der Waals surface area contributed by atoms with Crippen LogP contribution in [0.15, 0.2) is 203 Å². The number of ether oxygens (including phenoxy) is 2. The number of hydrogen-bond acceptors (Lipinski definition) is 14. The molecule has 2 atom stereocenters. The summed E-state index contributed by atoms with van der Waals surface area (Å²) >= 11 is 3.95. The molecule has 1 saturated heterocycles. The minimum absolute atomic E-state index is 0.00517. The average Bonchev–Trinajstić information content (AvgIpc) is 3.92. The molecule has 374 valence electrons. The molecular formula is C57H50N6O8S3. The van der Waals surface area contributed by atoms with Crippen LogP contribution < -0.4 is 16.0 Å². The maximum Gasteiger partial charge on any atom is 0.356 e. The lowest BCUT2D eigenvalue weighted by atomic mass is 9.77. The van der Waals surface area contributed by atoms with Crippen molar-refractivity contribution in [1.82, 2.24) is 20.5 Å². The number of thiazole rings is 1. The van der Waals surface area contributed by atoms with Crippen LogP contribution >= 0.6 is 34.9 Å². The quantitative estimate of drug-likeness (QED) is 0.0156. The van der Waals surface area contributed by atoms with Crippen LogP contribution in [0.4, 0.5) is 5.13 Å². The molecule has 1 fully saturated rings. The second-order valence-corrected chi connectivity index (χ2v) is 20.1. The molecule has 14 nitrogen and oxygen atoms in total. The molecule has 0 spiro atoms. The number of hydrogen-bond donors (Lipinski definition) is 3. The molecule has 2 aliphatic rings. The van der Waals surface area contributed by atoms with Crippen LogP contribution in [0.3, 0.4) is 0 Å². The lowest BCUT2D eigenvalue weighted by molar-refractivity contribution is -0.154. The van der Waals surface area contributed by atoms with E-state index in [0.717, 1.165) is 33.4 Å². The van der Waals surface area contributed by atoms with E-state index in [0.29, 0.717) is 28.1 Å². The van der Waals surface area contributed by atoms with Crippen molar-refractivity contribution in [3.05, 3.63) is 237 Å². The summed E-state index contributed by atoms with van der Waals surface area (Å²) in [7, 11) is 0. The summed E-state index contributed by atoms with van der Waals surface area (Å²) in [4.78, 5) is 80.8. The number of rotatable bonds is 21. The van der Waals surface area contributed by atoms with Crippen molar-refractivity contribution in [1.29, 1.82) is 0 Å².